The Morgan fingerprint density at radius 3 is 2.62 bits per heavy atom. The van der Waals surface area contributed by atoms with Crippen molar-refractivity contribution in [3.8, 4) is 17.2 Å². The van der Waals surface area contributed by atoms with E-state index in [4.69, 9.17) is 0 Å². The van der Waals surface area contributed by atoms with Gasteiger partial charge in [0, 0.05) is 42.0 Å². The van der Waals surface area contributed by atoms with Crippen molar-refractivity contribution in [3.63, 3.8) is 0 Å². The first-order chi connectivity index (χ1) is 16.2. The summed E-state index contributed by atoms with van der Waals surface area (Å²) in [6.07, 6.45) is 3.45. The topological polar surface area (TPSA) is 90.7 Å². The number of fused-ring (bicyclic) bond motifs is 1. The van der Waals surface area contributed by atoms with Crippen molar-refractivity contribution < 1.29 is 9.18 Å². The molecule has 4 aromatic rings. The number of carbonyl (C=O) groups is 1. The number of nitriles is 1. The minimum Gasteiger partial charge on any atom is -0.373 e. The van der Waals surface area contributed by atoms with Crippen molar-refractivity contribution >= 4 is 28.3 Å². The molecule has 170 valence electrons. The quantitative estimate of drug-likeness (QED) is 0.396. The van der Waals surface area contributed by atoms with Crippen LogP contribution in [0.3, 0.4) is 0 Å². The highest BCUT2D eigenvalue weighted by Gasteiger charge is 2.21. The number of aryl methyl sites for hydroxylation is 1. The van der Waals surface area contributed by atoms with Crippen LogP contribution >= 0.6 is 0 Å². The lowest BCUT2D eigenvalue weighted by molar-refractivity contribution is 0.102. The molecule has 0 unspecified atom stereocenters. The van der Waals surface area contributed by atoms with E-state index in [1.807, 2.05) is 19.1 Å². The van der Waals surface area contributed by atoms with Crippen molar-refractivity contribution in [2.24, 2.45) is 0 Å². The van der Waals surface area contributed by atoms with Gasteiger partial charge >= 0.3 is 0 Å². The number of nitrogens with zero attached hydrogens (tertiary/aromatic N) is 3. The third-order valence-corrected chi connectivity index (χ3v) is 5.82. The van der Waals surface area contributed by atoms with Crippen LogP contribution in [0, 0.1) is 24.1 Å². The van der Waals surface area contributed by atoms with E-state index in [-0.39, 0.29) is 5.69 Å². The summed E-state index contributed by atoms with van der Waals surface area (Å²) in [7, 11) is 1.79. The van der Waals surface area contributed by atoms with E-state index in [9.17, 15) is 14.4 Å². The molecule has 2 aromatic heterocycles. The number of amides is 1. The lowest BCUT2D eigenvalue weighted by Crippen LogP contribution is -2.17. The van der Waals surface area contributed by atoms with Crippen molar-refractivity contribution in [2.75, 3.05) is 17.7 Å². The van der Waals surface area contributed by atoms with Gasteiger partial charge in [-0.25, -0.2) is 9.37 Å². The van der Waals surface area contributed by atoms with Gasteiger partial charge in [-0.1, -0.05) is 12.1 Å². The zero-order valence-electron chi connectivity index (χ0n) is 19.4. The third kappa shape index (κ3) is 4.44. The average molecular weight is 454 g/mol. The molecular weight excluding hydrogens is 429 g/mol. The highest BCUT2D eigenvalue weighted by Crippen LogP contribution is 2.31. The number of aromatic nitrogens is 2. The van der Waals surface area contributed by atoms with Gasteiger partial charge in [0.1, 0.15) is 11.6 Å². The normalized spacial score (nSPS) is 11.2. The number of halogens is 1. The van der Waals surface area contributed by atoms with Crippen molar-refractivity contribution in [3.05, 3.63) is 83.4 Å². The van der Waals surface area contributed by atoms with Crippen LogP contribution in [-0.2, 0) is 5.41 Å². The minimum atomic E-state index is -0.746. The fourth-order valence-corrected chi connectivity index (χ4v) is 3.69. The molecule has 7 heteroatoms. The van der Waals surface area contributed by atoms with Gasteiger partial charge in [-0.3, -0.25) is 9.78 Å². The Morgan fingerprint density at radius 1 is 1.09 bits per heavy atom. The smallest absolute Gasteiger partial charge is 0.255 e. The molecular formula is C27H24FN5O. The van der Waals surface area contributed by atoms with Crippen LogP contribution in [0.4, 0.5) is 15.9 Å². The molecule has 2 N–H and O–H groups in total. The maximum absolute atomic E-state index is 14.8. The molecule has 1 amide bonds. The largest absolute Gasteiger partial charge is 0.373 e. The molecule has 2 heterocycles. The Labute approximate surface area is 197 Å². The number of pyridine rings is 2. The number of hydrogen-bond acceptors (Lipinski definition) is 5. The number of rotatable bonds is 5. The summed E-state index contributed by atoms with van der Waals surface area (Å²) in [4.78, 5) is 21.8. The van der Waals surface area contributed by atoms with Crippen molar-refractivity contribution in [2.45, 2.75) is 26.2 Å². The summed E-state index contributed by atoms with van der Waals surface area (Å²) < 4.78 is 14.8. The summed E-state index contributed by atoms with van der Waals surface area (Å²) in [5, 5.41) is 15.9. The lowest BCUT2D eigenvalue weighted by atomic mass is 9.85. The van der Waals surface area contributed by atoms with E-state index in [2.05, 4.69) is 26.7 Å². The van der Waals surface area contributed by atoms with Crippen LogP contribution < -0.4 is 10.6 Å². The number of nitrogens with one attached hydrogen (secondary N) is 2. The molecule has 0 spiro atoms. The number of benzene rings is 2. The van der Waals surface area contributed by atoms with E-state index < -0.39 is 17.1 Å². The monoisotopic (exact) mass is 453 g/mol. The van der Waals surface area contributed by atoms with Crippen LogP contribution in [0.2, 0.25) is 0 Å². The fourth-order valence-electron chi connectivity index (χ4n) is 3.69. The maximum atomic E-state index is 14.8. The average Bonchev–Trinajstić information content (AvgIpc) is 2.85. The first-order valence-electron chi connectivity index (χ1n) is 10.8. The van der Waals surface area contributed by atoms with Gasteiger partial charge in [-0.15, -0.1) is 0 Å². The van der Waals surface area contributed by atoms with E-state index in [1.165, 1.54) is 6.07 Å². The van der Waals surface area contributed by atoms with Gasteiger partial charge in [-0.05, 0) is 67.8 Å². The Balaban J connectivity index is 1.68. The molecule has 2 aromatic carbocycles. The predicted molar refractivity (Wildman–Crippen MR) is 132 cm³/mol. The van der Waals surface area contributed by atoms with Crippen LogP contribution in [0.5, 0.6) is 0 Å². The molecule has 0 saturated carbocycles. The Hall–Kier alpha value is -4.31. The second kappa shape index (κ2) is 8.91. The summed E-state index contributed by atoms with van der Waals surface area (Å²) in [5.74, 6) is -0.264. The fraction of sp³-hybridized carbons (Fsp3) is 0.185. The molecule has 4 rings (SSSR count). The zero-order chi connectivity index (χ0) is 24.5. The molecule has 0 aliphatic heterocycles. The van der Waals surface area contributed by atoms with Crippen LogP contribution in [0.1, 0.15) is 35.3 Å². The molecule has 0 aliphatic carbocycles. The van der Waals surface area contributed by atoms with Gasteiger partial charge in [0.2, 0.25) is 0 Å². The van der Waals surface area contributed by atoms with Crippen LogP contribution in [-0.4, -0.2) is 22.9 Å². The molecule has 0 atom stereocenters. The maximum Gasteiger partial charge on any atom is 0.255 e. The molecule has 0 bridgehead atoms. The van der Waals surface area contributed by atoms with E-state index in [1.54, 1.807) is 63.6 Å². The second-order valence-electron chi connectivity index (χ2n) is 8.65. The van der Waals surface area contributed by atoms with Crippen molar-refractivity contribution in [1.29, 1.82) is 5.26 Å². The minimum absolute atomic E-state index is 0.0688. The summed E-state index contributed by atoms with van der Waals surface area (Å²) in [5.41, 5.74) is 3.43. The van der Waals surface area contributed by atoms with E-state index >= 15 is 0 Å². The Morgan fingerprint density at radius 2 is 1.88 bits per heavy atom. The second-order valence-corrected chi connectivity index (χ2v) is 8.65. The third-order valence-electron chi connectivity index (χ3n) is 5.82. The number of hydrogen-bond donors (Lipinski definition) is 2. The van der Waals surface area contributed by atoms with Gasteiger partial charge in [0.15, 0.2) is 0 Å². The summed E-state index contributed by atoms with van der Waals surface area (Å²) in [6, 6.07) is 15.8. The molecule has 6 nitrogen and oxygen atoms in total. The molecule has 0 aliphatic rings. The van der Waals surface area contributed by atoms with Gasteiger partial charge in [-0.2, -0.15) is 5.26 Å². The first kappa shape index (κ1) is 22.9. The summed E-state index contributed by atoms with van der Waals surface area (Å²) in [6.45, 7) is 5.37. The van der Waals surface area contributed by atoms with Crippen molar-refractivity contribution in [1.82, 2.24) is 9.97 Å². The van der Waals surface area contributed by atoms with Gasteiger partial charge in [0.05, 0.1) is 22.7 Å². The molecule has 0 radical (unpaired) electrons. The Bertz CT molecular complexity index is 1460. The van der Waals surface area contributed by atoms with Crippen LogP contribution in [0.25, 0.3) is 22.0 Å². The number of carbonyl (C=O) groups excluding carboxylic acids is 1. The number of anilines is 2. The first-order valence-corrected chi connectivity index (χ1v) is 10.8. The molecule has 34 heavy (non-hydrogen) atoms. The molecule has 0 fully saturated rings. The van der Waals surface area contributed by atoms with E-state index in [0.717, 1.165) is 27.8 Å². The van der Waals surface area contributed by atoms with Gasteiger partial charge < -0.3 is 10.6 Å². The standard InChI is InChI=1S/C27H24FN5O/c1-16-8-22(28)24(33-26(34)17-6-5-7-20(10-17)27(2,3)15-29)11-21(16)18-9-19-14-32-25(30-4)12-23(19)31-13-18/h5-14H,1-4H3,(H,30,32)(H,33,34). The van der Waals surface area contributed by atoms with Crippen LogP contribution in [0.15, 0.2) is 60.9 Å². The van der Waals surface area contributed by atoms with Gasteiger partial charge in [0.25, 0.3) is 5.91 Å². The lowest BCUT2D eigenvalue weighted by Gasteiger charge is -2.17. The predicted octanol–water partition coefficient (Wildman–Crippen LogP) is 5.84. The summed E-state index contributed by atoms with van der Waals surface area (Å²) >= 11 is 0. The Kier molecular flexibility index (Phi) is 5.99. The van der Waals surface area contributed by atoms with E-state index in [0.29, 0.717) is 16.7 Å². The molecule has 0 saturated heterocycles. The highest BCUT2D eigenvalue weighted by atomic mass is 19.1. The highest BCUT2D eigenvalue weighted by molar-refractivity contribution is 6.05. The zero-order valence-corrected chi connectivity index (χ0v) is 19.4. The SMILES string of the molecule is CNc1cc2ncc(-c3cc(NC(=O)c4cccc(C(C)(C)C#N)c4)c(F)cc3C)cc2cn1.